The van der Waals surface area contributed by atoms with Crippen LogP contribution < -0.4 is 0 Å². The molecule has 1 heterocycles. The molecule has 1 aliphatic carbocycles. The van der Waals surface area contributed by atoms with Crippen molar-refractivity contribution in [1.82, 2.24) is 9.78 Å². The van der Waals surface area contributed by atoms with Crippen LogP contribution in [0.1, 0.15) is 56.1 Å². The maximum absolute atomic E-state index is 13.8. The smallest absolute Gasteiger partial charge is 0.260 e. The highest BCUT2D eigenvalue weighted by Crippen LogP contribution is 2.43. The van der Waals surface area contributed by atoms with Crippen molar-refractivity contribution in [3.05, 3.63) is 17.0 Å². The number of nitrogens with zero attached hydrogens (tertiary/aromatic N) is 2. The molecule has 0 amide bonds. The average molecular weight is 250 g/mol. The molecule has 0 saturated carbocycles. The van der Waals surface area contributed by atoms with Crippen molar-refractivity contribution in [1.29, 1.82) is 0 Å². The van der Waals surface area contributed by atoms with Gasteiger partial charge in [0.1, 0.15) is 11.4 Å². The lowest BCUT2D eigenvalue weighted by Gasteiger charge is -2.25. The Morgan fingerprint density at radius 3 is 2.47 bits per heavy atom. The zero-order valence-corrected chi connectivity index (χ0v) is 9.68. The molecule has 0 saturated heterocycles. The fourth-order valence-corrected chi connectivity index (χ4v) is 2.28. The van der Waals surface area contributed by atoms with Gasteiger partial charge in [-0.3, -0.25) is 4.68 Å². The van der Waals surface area contributed by atoms with Crippen LogP contribution in [0.15, 0.2) is 0 Å². The van der Waals surface area contributed by atoms with Crippen LogP contribution >= 0.6 is 0 Å². The molecule has 1 aromatic rings. The fourth-order valence-electron chi connectivity index (χ4n) is 2.28. The predicted molar refractivity (Wildman–Crippen MR) is 54.4 cm³/mol. The molecule has 1 aromatic heterocycles. The zero-order valence-electron chi connectivity index (χ0n) is 9.68. The third-order valence-electron chi connectivity index (χ3n) is 3.00. The lowest BCUT2D eigenvalue weighted by Crippen LogP contribution is -2.25. The molecule has 0 radical (unpaired) electrons. The van der Waals surface area contributed by atoms with Crippen LogP contribution in [0.2, 0.25) is 0 Å². The van der Waals surface area contributed by atoms with Crippen LogP contribution in [0, 0.1) is 0 Å². The van der Waals surface area contributed by atoms with Gasteiger partial charge in [0.2, 0.25) is 0 Å². The second-order valence-electron chi connectivity index (χ2n) is 4.61. The van der Waals surface area contributed by atoms with Crippen molar-refractivity contribution in [2.75, 3.05) is 0 Å². The molecule has 0 bridgehead atoms. The summed E-state index contributed by atoms with van der Waals surface area (Å²) in [6.07, 6.45) is -2.60. The summed E-state index contributed by atoms with van der Waals surface area (Å²) < 4.78 is 54.2. The van der Waals surface area contributed by atoms with E-state index in [0.29, 0.717) is 0 Å². The second kappa shape index (κ2) is 3.99. The Labute approximate surface area is 96.6 Å². The topological polar surface area (TPSA) is 17.8 Å². The normalized spacial score (nSPS) is 18.8. The molecule has 2 rings (SSSR count). The quantitative estimate of drug-likeness (QED) is 0.729. The molecule has 17 heavy (non-hydrogen) atoms. The lowest BCUT2D eigenvalue weighted by atomic mass is 9.92. The average Bonchev–Trinajstić information content (AvgIpc) is 2.58. The van der Waals surface area contributed by atoms with Crippen LogP contribution in [0.25, 0.3) is 0 Å². The summed E-state index contributed by atoms with van der Waals surface area (Å²) in [4.78, 5) is 0. The Morgan fingerprint density at radius 2 is 1.94 bits per heavy atom. The van der Waals surface area contributed by atoms with Crippen molar-refractivity contribution in [2.45, 2.75) is 51.5 Å². The van der Waals surface area contributed by atoms with Gasteiger partial charge in [-0.05, 0) is 26.7 Å². The van der Waals surface area contributed by atoms with Crippen molar-refractivity contribution >= 4 is 0 Å². The molecule has 6 heteroatoms. The van der Waals surface area contributed by atoms with Crippen LogP contribution in [0.4, 0.5) is 17.6 Å². The largest absolute Gasteiger partial charge is 0.289 e. The number of hydrogen-bond donors (Lipinski definition) is 0. The molecule has 1 aliphatic rings. The third-order valence-corrected chi connectivity index (χ3v) is 3.00. The molecule has 0 spiro atoms. The van der Waals surface area contributed by atoms with Crippen molar-refractivity contribution in [3.8, 4) is 0 Å². The van der Waals surface area contributed by atoms with E-state index in [-0.39, 0.29) is 36.6 Å². The number of aromatic nitrogens is 2. The minimum absolute atomic E-state index is 0.0463. The minimum Gasteiger partial charge on any atom is -0.260 e. The SMILES string of the molecule is CC(C)n1nc(C(F)F)c2c1C(F)(F)CCC2. The predicted octanol–water partition coefficient (Wildman–Crippen LogP) is 3.83. The van der Waals surface area contributed by atoms with Crippen LogP contribution in [-0.2, 0) is 12.3 Å². The highest BCUT2D eigenvalue weighted by molar-refractivity contribution is 5.33. The molecule has 0 atom stereocenters. The van der Waals surface area contributed by atoms with E-state index in [1.54, 1.807) is 13.8 Å². The molecule has 0 aromatic carbocycles. The number of alkyl halides is 4. The summed E-state index contributed by atoms with van der Waals surface area (Å²) in [5.74, 6) is -3.04. The number of rotatable bonds is 2. The molecule has 2 nitrogen and oxygen atoms in total. The van der Waals surface area contributed by atoms with Crippen molar-refractivity contribution in [3.63, 3.8) is 0 Å². The summed E-state index contributed by atoms with van der Waals surface area (Å²) in [5, 5.41) is 3.67. The van der Waals surface area contributed by atoms with Gasteiger partial charge in [0.15, 0.2) is 0 Å². The summed E-state index contributed by atoms with van der Waals surface area (Å²) >= 11 is 0. The van der Waals surface area contributed by atoms with Crippen LogP contribution in [0.5, 0.6) is 0 Å². The van der Waals surface area contributed by atoms with Crippen molar-refractivity contribution < 1.29 is 17.6 Å². The molecular formula is C11H14F4N2. The number of fused-ring (bicyclic) bond motifs is 1. The van der Waals surface area contributed by atoms with Gasteiger partial charge in [0.05, 0.1) is 0 Å². The van der Waals surface area contributed by atoms with Gasteiger partial charge in [-0.2, -0.15) is 13.9 Å². The third kappa shape index (κ3) is 1.93. The molecule has 0 N–H and O–H groups in total. The Hall–Kier alpha value is -1.07. The monoisotopic (exact) mass is 250 g/mol. The Morgan fingerprint density at radius 1 is 1.29 bits per heavy atom. The highest BCUT2D eigenvalue weighted by atomic mass is 19.3. The first-order valence-corrected chi connectivity index (χ1v) is 5.62. The minimum atomic E-state index is -3.04. The molecular weight excluding hydrogens is 236 g/mol. The number of halogens is 4. The van der Waals surface area contributed by atoms with E-state index in [4.69, 9.17) is 0 Å². The van der Waals surface area contributed by atoms with E-state index >= 15 is 0 Å². The Balaban J connectivity index is 2.64. The van der Waals surface area contributed by atoms with E-state index in [0.717, 1.165) is 4.68 Å². The van der Waals surface area contributed by atoms with E-state index in [9.17, 15) is 17.6 Å². The van der Waals surface area contributed by atoms with Gasteiger partial charge in [-0.25, -0.2) is 8.78 Å². The molecule has 0 fully saturated rings. The van der Waals surface area contributed by atoms with E-state index < -0.39 is 18.0 Å². The van der Waals surface area contributed by atoms with Gasteiger partial charge < -0.3 is 0 Å². The molecule has 0 aliphatic heterocycles. The van der Waals surface area contributed by atoms with Gasteiger partial charge in [0, 0.05) is 18.0 Å². The van der Waals surface area contributed by atoms with Gasteiger partial charge in [-0.1, -0.05) is 0 Å². The van der Waals surface area contributed by atoms with E-state index in [1.165, 1.54) is 0 Å². The maximum atomic E-state index is 13.8. The summed E-state index contributed by atoms with van der Waals surface area (Å²) in [6, 6.07) is -0.347. The second-order valence-corrected chi connectivity index (χ2v) is 4.61. The van der Waals surface area contributed by atoms with Gasteiger partial charge in [-0.15, -0.1) is 0 Å². The summed E-state index contributed by atoms with van der Waals surface area (Å²) in [7, 11) is 0. The van der Waals surface area contributed by atoms with Gasteiger partial charge in [0.25, 0.3) is 12.3 Å². The van der Waals surface area contributed by atoms with E-state index in [1.807, 2.05) is 0 Å². The highest BCUT2D eigenvalue weighted by Gasteiger charge is 2.43. The summed E-state index contributed by atoms with van der Waals surface area (Å²) in [6.45, 7) is 3.32. The maximum Gasteiger partial charge on any atom is 0.289 e. The van der Waals surface area contributed by atoms with Gasteiger partial charge >= 0.3 is 0 Å². The first kappa shape index (κ1) is 12.4. The first-order chi connectivity index (χ1) is 7.84. The Bertz CT molecular complexity index is 423. The standard InChI is InChI=1S/C11H14F4N2/c1-6(2)17-9-7(8(16-17)10(12)13)4-3-5-11(9,14)15/h6,10H,3-5H2,1-2H3. The fraction of sp³-hybridized carbons (Fsp3) is 0.727. The molecule has 0 unspecified atom stereocenters. The number of hydrogen-bond acceptors (Lipinski definition) is 1. The van der Waals surface area contributed by atoms with Crippen LogP contribution in [-0.4, -0.2) is 9.78 Å². The van der Waals surface area contributed by atoms with E-state index in [2.05, 4.69) is 5.10 Å². The van der Waals surface area contributed by atoms with Crippen molar-refractivity contribution in [2.24, 2.45) is 0 Å². The lowest BCUT2D eigenvalue weighted by molar-refractivity contribution is -0.0314. The summed E-state index contributed by atoms with van der Waals surface area (Å²) in [5.41, 5.74) is -0.743. The zero-order chi connectivity index (χ0) is 12.8. The first-order valence-electron chi connectivity index (χ1n) is 5.62. The van der Waals surface area contributed by atoms with Crippen LogP contribution in [0.3, 0.4) is 0 Å². The molecule has 96 valence electrons. The Kier molecular flexibility index (Phi) is 2.91.